The van der Waals surface area contributed by atoms with Crippen LogP contribution >= 0.6 is 22.7 Å². The average Bonchev–Trinajstić information content (AvgIpc) is 3.26. The van der Waals surface area contributed by atoms with E-state index < -0.39 is 0 Å². The lowest BCUT2D eigenvalue weighted by Crippen LogP contribution is -2.23. The SMILES string of the molecule is O=C(Cc1csc(N2CCCC2=O)n1)Nc1nc2ccccc2s1. The number of thiazole rings is 2. The van der Waals surface area contributed by atoms with Crippen LogP contribution in [0.1, 0.15) is 18.5 Å². The Hall–Kier alpha value is -2.32. The number of carbonyl (C=O) groups excluding carboxylic acids is 2. The van der Waals surface area contributed by atoms with Crippen LogP contribution in [-0.4, -0.2) is 28.3 Å². The van der Waals surface area contributed by atoms with Crippen molar-refractivity contribution in [2.24, 2.45) is 0 Å². The van der Waals surface area contributed by atoms with Crippen LogP contribution in [0.15, 0.2) is 29.6 Å². The molecular formula is C16H14N4O2S2. The van der Waals surface area contributed by atoms with Gasteiger partial charge in [0.2, 0.25) is 11.8 Å². The molecule has 1 N–H and O–H groups in total. The second-order valence-electron chi connectivity index (χ2n) is 5.48. The number of fused-ring (bicyclic) bond motifs is 1. The van der Waals surface area contributed by atoms with E-state index in [2.05, 4.69) is 15.3 Å². The van der Waals surface area contributed by atoms with Crippen LogP contribution in [0.2, 0.25) is 0 Å². The number of carbonyl (C=O) groups is 2. The predicted molar refractivity (Wildman–Crippen MR) is 95.7 cm³/mol. The van der Waals surface area contributed by atoms with Crippen molar-refractivity contribution in [3.63, 3.8) is 0 Å². The summed E-state index contributed by atoms with van der Waals surface area (Å²) in [7, 11) is 0. The number of hydrogen-bond donors (Lipinski definition) is 1. The zero-order valence-corrected chi connectivity index (χ0v) is 14.3. The Morgan fingerprint density at radius 2 is 2.17 bits per heavy atom. The summed E-state index contributed by atoms with van der Waals surface area (Å²) >= 11 is 2.85. The molecule has 1 aliphatic rings. The first-order valence-corrected chi connectivity index (χ1v) is 9.29. The van der Waals surface area contributed by atoms with Gasteiger partial charge >= 0.3 is 0 Å². The average molecular weight is 358 g/mol. The van der Waals surface area contributed by atoms with Crippen LogP contribution in [0, 0.1) is 0 Å². The van der Waals surface area contributed by atoms with Gasteiger partial charge in [0.15, 0.2) is 10.3 Å². The topological polar surface area (TPSA) is 75.2 Å². The standard InChI is InChI=1S/C16H14N4O2S2/c21-13(19-15-18-11-4-1-2-5-12(11)24-15)8-10-9-23-16(17-10)20-7-3-6-14(20)22/h1-2,4-5,9H,3,6-8H2,(H,18,19,21). The highest BCUT2D eigenvalue weighted by Crippen LogP contribution is 2.27. The molecule has 122 valence electrons. The molecule has 8 heteroatoms. The van der Waals surface area contributed by atoms with Crippen molar-refractivity contribution in [3.05, 3.63) is 35.3 Å². The van der Waals surface area contributed by atoms with Crippen molar-refractivity contribution in [1.82, 2.24) is 9.97 Å². The molecule has 6 nitrogen and oxygen atoms in total. The van der Waals surface area contributed by atoms with Gasteiger partial charge in [0.25, 0.3) is 0 Å². The summed E-state index contributed by atoms with van der Waals surface area (Å²) in [6.07, 6.45) is 1.62. The van der Waals surface area contributed by atoms with Crippen molar-refractivity contribution in [3.8, 4) is 0 Å². The van der Waals surface area contributed by atoms with E-state index in [0.717, 1.165) is 16.6 Å². The largest absolute Gasteiger partial charge is 0.302 e. The van der Waals surface area contributed by atoms with Crippen LogP contribution in [0.5, 0.6) is 0 Å². The number of nitrogens with zero attached hydrogens (tertiary/aromatic N) is 3. The summed E-state index contributed by atoms with van der Waals surface area (Å²) in [6, 6.07) is 7.76. The minimum absolute atomic E-state index is 0.106. The molecule has 0 saturated carbocycles. The van der Waals surface area contributed by atoms with E-state index in [1.54, 1.807) is 4.90 Å². The Labute approximate surface area is 146 Å². The Morgan fingerprint density at radius 3 is 2.96 bits per heavy atom. The fourth-order valence-corrected chi connectivity index (χ4v) is 4.36. The summed E-state index contributed by atoms with van der Waals surface area (Å²) < 4.78 is 1.04. The van der Waals surface area contributed by atoms with E-state index in [1.165, 1.54) is 22.7 Å². The van der Waals surface area contributed by atoms with E-state index in [9.17, 15) is 9.59 Å². The third kappa shape index (κ3) is 3.02. The van der Waals surface area contributed by atoms with Crippen LogP contribution in [0.4, 0.5) is 10.3 Å². The maximum absolute atomic E-state index is 12.2. The van der Waals surface area contributed by atoms with Gasteiger partial charge in [-0.05, 0) is 18.6 Å². The number of para-hydroxylation sites is 1. The molecule has 0 unspecified atom stereocenters. The van der Waals surface area contributed by atoms with E-state index in [0.29, 0.717) is 28.9 Å². The molecule has 1 aliphatic heterocycles. The fraction of sp³-hybridized carbons (Fsp3) is 0.250. The number of anilines is 2. The molecule has 3 aromatic rings. The number of amides is 2. The third-order valence-corrected chi connectivity index (χ3v) is 5.59. The van der Waals surface area contributed by atoms with Crippen LogP contribution in [-0.2, 0) is 16.0 Å². The molecule has 0 radical (unpaired) electrons. The monoisotopic (exact) mass is 358 g/mol. The number of rotatable bonds is 4. The molecule has 0 aliphatic carbocycles. The summed E-state index contributed by atoms with van der Waals surface area (Å²) in [5.41, 5.74) is 1.55. The van der Waals surface area contributed by atoms with Crippen molar-refractivity contribution >= 4 is 55.0 Å². The van der Waals surface area contributed by atoms with Crippen molar-refractivity contribution in [2.45, 2.75) is 19.3 Å². The van der Waals surface area contributed by atoms with E-state index in [-0.39, 0.29) is 18.2 Å². The van der Waals surface area contributed by atoms with E-state index >= 15 is 0 Å². The maximum Gasteiger partial charge on any atom is 0.232 e. The number of benzene rings is 1. The molecule has 1 aromatic carbocycles. The highest BCUT2D eigenvalue weighted by atomic mass is 32.1. The fourth-order valence-electron chi connectivity index (χ4n) is 2.61. The Bertz CT molecular complexity index is 885. The first-order valence-electron chi connectivity index (χ1n) is 7.59. The lowest BCUT2D eigenvalue weighted by Gasteiger charge is -2.10. The van der Waals surface area contributed by atoms with Gasteiger partial charge in [0.05, 0.1) is 22.3 Å². The first-order chi connectivity index (χ1) is 11.7. The second kappa shape index (κ2) is 6.29. The van der Waals surface area contributed by atoms with Gasteiger partial charge in [-0.1, -0.05) is 23.5 Å². The summed E-state index contributed by atoms with van der Waals surface area (Å²) in [6.45, 7) is 0.712. The molecule has 2 amide bonds. The predicted octanol–water partition coefficient (Wildman–Crippen LogP) is 3.06. The van der Waals surface area contributed by atoms with Gasteiger partial charge < -0.3 is 5.32 Å². The van der Waals surface area contributed by atoms with E-state index in [4.69, 9.17) is 0 Å². The maximum atomic E-state index is 12.2. The van der Waals surface area contributed by atoms with Gasteiger partial charge in [0, 0.05) is 18.3 Å². The van der Waals surface area contributed by atoms with Crippen LogP contribution < -0.4 is 10.2 Å². The summed E-state index contributed by atoms with van der Waals surface area (Å²) in [5, 5.41) is 5.92. The molecule has 24 heavy (non-hydrogen) atoms. The van der Waals surface area contributed by atoms with Gasteiger partial charge in [-0.2, -0.15) is 0 Å². The van der Waals surface area contributed by atoms with Gasteiger partial charge in [-0.3, -0.25) is 14.5 Å². The highest BCUT2D eigenvalue weighted by Gasteiger charge is 2.24. The highest BCUT2D eigenvalue weighted by molar-refractivity contribution is 7.22. The van der Waals surface area contributed by atoms with Gasteiger partial charge in [-0.25, -0.2) is 9.97 Å². The number of hydrogen-bond acceptors (Lipinski definition) is 6. The quantitative estimate of drug-likeness (QED) is 0.778. The lowest BCUT2D eigenvalue weighted by atomic mass is 10.3. The Morgan fingerprint density at radius 1 is 1.29 bits per heavy atom. The molecule has 1 saturated heterocycles. The third-order valence-electron chi connectivity index (χ3n) is 3.73. The van der Waals surface area contributed by atoms with Crippen LogP contribution in [0.3, 0.4) is 0 Å². The van der Waals surface area contributed by atoms with Gasteiger partial charge in [0.1, 0.15) is 0 Å². The first kappa shape index (κ1) is 15.2. The zero-order valence-electron chi connectivity index (χ0n) is 12.7. The zero-order chi connectivity index (χ0) is 16.5. The van der Waals surface area contributed by atoms with Crippen molar-refractivity contribution in [2.75, 3.05) is 16.8 Å². The van der Waals surface area contributed by atoms with Crippen molar-refractivity contribution < 1.29 is 9.59 Å². The second-order valence-corrected chi connectivity index (χ2v) is 7.35. The molecule has 1 fully saturated rings. The number of nitrogens with one attached hydrogen (secondary N) is 1. The molecule has 0 spiro atoms. The van der Waals surface area contributed by atoms with Crippen molar-refractivity contribution in [1.29, 1.82) is 0 Å². The molecule has 2 aromatic heterocycles. The minimum atomic E-state index is -0.154. The normalized spacial score (nSPS) is 14.5. The Kier molecular flexibility index (Phi) is 3.99. The van der Waals surface area contributed by atoms with Gasteiger partial charge in [-0.15, -0.1) is 11.3 Å². The molecule has 3 heterocycles. The molecule has 4 rings (SSSR count). The molecule has 0 bridgehead atoms. The smallest absolute Gasteiger partial charge is 0.232 e. The van der Waals surface area contributed by atoms with E-state index in [1.807, 2.05) is 29.6 Å². The molecule has 0 atom stereocenters. The summed E-state index contributed by atoms with van der Waals surface area (Å²) in [5.74, 6) is -0.0477. The minimum Gasteiger partial charge on any atom is -0.302 e. The lowest BCUT2D eigenvalue weighted by molar-refractivity contribution is -0.117. The summed E-state index contributed by atoms with van der Waals surface area (Å²) in [4.78, 5) is 34.4. The Balaban J connectivity index is 1.42. The number of aromatic nitrogens is 2. The van der Waals surface area contributed by atoms with Crippen LogP contribution in [0.25, 0.3) is 10.2 Å². The molecular weight excluding hydrogens is 344 g/mol.